The Hall–Kier alpha value is -4.93. The Labute approximate surface area is 316 Å². The summed E-state index contributed by atoms with van der Waals surface area (Å²) in [6.07, 6.45) is 32.2. The normalized spacial score (nSPS) is 11.6. The van der Waals surface area contributed by atoms with Crippen LogP contribution in [0.3, 0.4) is 0 Å². The molecule has 2 N–H and O–H groups in total. The maximum atomic E-state index is 3.56. The molecule has 0 unspecified atom stereocenters. The second kappa shape index (κ2) is 19.6. The molecular formula is C42H51N8S2+3. The number of anilines is 2. The molecule has 0 aliphatic rings. The number of aromatic nitrogens is 6. The van der Waals surface area contributed by atoms with Crippen molar-refractivity contribution in [2.75, 3.05) is 29.5 Å². The van der Waals surface area contributed by atoms with Crippen molar-refractivity contribution in [1.82, 2.24) is 13.7 Å². The zero-order chi connectivity index (χ0) is 35.8. The Kier molecular flexibility index (Phi) is 13.9. The van der Waals surface area contributed by atoms with E-state index < -0.39 is 0 Å². The first-order valence-corrected chi connectivity index (χ1v) is 20.5. The molecule has 0 atom stereocenters. The molecule has 4 aromatic heterocycles. The Bertz CT molecular complexity index is 1990. The number of nitrogens with one attached hydrogen (secondary N) is 2. The van der Waals surface area contributed by atoms with E-state index in [1.807, 2.05) is 40.3 Å². The smallest absolute Gasteiger partial charge is 0.244 e. The van der Waals surface area contributed by atoms with Gasteiger partial charge in [-0.2, -0.15) is 0 Å². The van der Waals surface area contributed by atoms with E-state index in [1.165, 1.54) is 22.3 Å². The van der Waals surface area contributed by atoms with Crippen LogP contribution < -0.4 is 24.3 Å². The molecule has 0 aliphatic carbocycles. The average molecular weight is 732 g/mol. The summed E-state index contributed by atoms with van der Waals surface area (Å²) in [6, 6.07) is 23.6. The Morgan fingerprint density at radius 1 is 0.596 bits per heavy atom. The van der Waals surface area contributed by atoms with Gasteiger partial charge in [0.05, 0.1) is 19.6 Å². The van der Waals surface area contributed by atoms with Gasteiger partial charge in [0.1, 0.15) is 37.7 Å². The molecule has 0 saturated carbocycles. The van der Waals surface area contributed by atoms with Crippen LogP contribution in [0.5, 0.6) is 0 Å². The fourth-order valence-electron chi connectivity index (χ4n) is 5.70. The third kappa shape index (κ3) is 12.4. The first-order chi connectivity index (χ1) is 25.5. The van der Waals surface area contributed by atoms with Crippen LogP contribution in [0.15, 0.2) is 129 Å². The van der Waals surface area contributed by atoms with Crippen molar-refractivity contribution in [2.24, 2.45) is 14.1 Å². The summed E-state index contributed by atoms with van der Waals surface area (Å²) in [5, 5.41) is 7.11. The lowest BCUT2D eigenvalue weighted by atomic mass is 10.1. The van der Waals surface area contributed by atoms with Gasteiger partial charge in [-0.3, -0.25) is 0 Å². The summed E-state index contributed by atoms with van der Waals surface area (Å²) in [5.41, 5.74) is 7.15. The maximum absolute atomic E-state index is 3.56. The Balaban J connectivity index is 0.788. The van der Waals surface area contributed by atoms with Crippen LogP contribution in [-0.2, 0) is 39.6 Å². The van der Waals surface area contributed by atoms with Gasteiger partial charge >= 0.3 is 0 Å². The lowest BCUT2D eigenvalue weighted by Crippen LogP contribution is -2.32. The molecule has 268 valence electrons. The SMILES string of the molecule is Cn1ccc(/C=C/c2ccc(NCCCn3cc[n+](CSSCCn4cc[n+](CCCNc5ccc(/C=C/c6cc[n+](C)cc6)cc5)c4)c3)cc2)c1. The number of pyridine rings is 1. The molecule has 0 saturated heterocycles. The Morgan fingerprint density at radius 2 is 1.17 bits per heavy atom. The lowest BCUT2D eigenvalue weighted by Gasteiger charge is -2.06. The van der Waals surface area contributed by atoms with E-state index in [4.69, 9.17) is 0 Å². The largest absolute Gasteiger partial charge is 0.385 e. The quantitative estimate of drug-likeness (QED) is 0.0488. The van der Waals surface area contributed by atoms with E-state index in [0.717, 1.165) is 68.6 Å². The highest BCUT2D eigenvalue weighted by Crippen LogP contribution is 2.21. The van der Waals surface area contributed by atoms with E-state index >= 15 is 0 Å². The molecule has 0 aliphatic heterocycles. The van der Waals surface area contributed by atoms with Crippen molar-refractivity contribution >= 4 is 57.3 Å². The van der Waals surface area contributed by atoms with Gasteiger partial charge in [-0.05, 0) is 63.4 Å². The van der Waals surface area contributed by atoms with Crippen molar-refractivity contribution in [2.45, 2.75) is 38.4 Å². The first-order valence-electron chi connectivity index (χ1n) is 18.0. The van der Waals surface area contributed by atoms with Crippen molar-refractivity contribution in [3.8, 4) is 0 Å². The number of rotatable bonds is 20. The molecule has 52 heavy (non-hydrogen) atoms. The number of nitrogens with zero attached hydrogens (tertiary/aromatic N) is 6. The van der Waals surface area contributed by atoms with Crippen molar-refractivity contribution in [3.63, 3.8) is 0 Å². The number of benzene rings is 2. The van der Waals surface area contributed by atoms with Gasteiger partial charge in [-0.25, -0.2) is 22.8 Å². The number of aryl methyl sites for hydroxylation is 5. The molecular weight excluding hydrogens is 681 g/mol. The summed E-state index contributed by atoms with van der Waals surface area (Å²) in [7, 11) is 7.92. The molecule has 4 heterocycles. The standard InChI is InChI=1S/C42H50N8S2/c1-45-24-17-39(18-25-45)6-5-37-9-13-41(14-10-37)43-20-3-22-47-27-28-49(34-47)31-32-51-52-36-50-30-29-48(35-50)23-4-21-44-42-15-11-38(12-16-42)7-8-40-19-26-46(2)33-40/h5-19,24-30,33-35,44H,3-4,20-23,31-32,36H2,1-2H3/q+2/p+1/b8-7+. The summed E-state index contributed by atoms with van der Waals surface area (Å²) in [6.45, 7) is 4.90. The van der Waals surface area contributed by atoms with E-state index in [1.54, 1.807) is 0 Å². The topological polar surface area (TPSA) is 50.5 Å². The van der Waals surface area contributed by atoms with E-state index in [-0.39, 0.29) is 0 Å². The molecule has 6 aromatic rings. The summed E-state index contributed by atoms with van der Waals surface area (Å²) in [5.74, 6) is 2.03. The second-order valence-corrected chi connectivity index (χ2v) is 15.6. The zero-order valence-corrected chi connectivity index (χ0v) is 31.9. The van der Waals surface area contributed by atoms with Gasteiger partial charge in [-0.15, -0.1) is 0 Å². The lowest BCUT2D eigenvalue weighted by molar-refractivity contribution is -0.696. The predicted molar refractivity (Wildman–Crippen MR) is 219 cm³/mol. The van der Waals surface area contributed by atoms with Gasteiger partial charge < -0.3 is 15.2 Å². The van der Waals surface area contributed by atoms with Crippen LogP contribution in [0.1, 0.15) is 35.1 Å². The first kappa shape index (κ1) is 36.8. The third-order valence-electron chi connectivity index (χ3n) is 8.67. The highest BCUT2D eigenvalue weighted by Gasteiger charge is 2.07. The number of imidazole rings is 2. The molecule has 6 rings (SSSR count). The van der Waals surface area contributed by atoms with Gasteiger partial charge in [0, 0.05) is 74.6 Å². The molecule has 0 spiro atoms. The minimum Gasteiger partial charge on any atom is -0.385 e. The summed E-state index contributed by atoms with van der Waals surface area (Å²) < 4.78 is 13.2. The maximum Gasteiger partial charge on any atom is 0.244 e. The molecule has 8 nitrogen and oxygen atoms in total. The van der Waals surface area contributed by atoms with E-state index in [9.17, 15) is 0 Å². The predicted octanol–water partition coefficient (Wildman–Crippen LogP) is 7.41. The van der Waals surface area contributed by atoms with Crippen LogP contribution in [0.2, 0.25) is 0 Å². The van der Waals surface area contributed by atoms with Crippen molar-refractivity contribution in [1.29, 1.82) is 0 Å². The Morgan fingerprint density at radius 3 is 1.83 bits per heavy atom. The van der Waals surface area contributed by atoms with Crippen LogP contribution in [0, 0.1) is 0 Å². The summed E-state index contributed by atoms with van der Waals surface area (Å²) >= 11 is 0. The highest BCUT2D eigenvalue weighted by atomic mass is 33.1. The van der Waals surface area contributed by atoms with Crippen LogP contribution in [0.4, 0.5) is 11.4 Å². The third-order valence-corrected chi connectivity index (χ3v) is 10.9. The van der Waals surface area contributed by atoms with Gasteiger partial charge in [0.2, 0.25) is 12.7 Å². The van der Waals surface area contributed by atoms with Gasteiger partial charge in [0.15, 0.2) is 12.4 Å². The molecule has 0 radical (unpaired) electrons. The number of hydrogen-bond donors (Lipinski definition) is 2. The van der Waals surface area contributed by atoms with Crippen molar-refractivity contribution in [3.05, 3.63) is 151 Å². The zero-order valence-electron chi connectivity index (χ0n) is 30.3. The van der Waals surface area contributed by atoms with E-state index in [2.05, 4.69) is 187 Å². The van der Waals surface area contributed by atoms with E-state index in [0.29, 0.717) is 0 Å². The highest BCUT2D eigenvalue weighted by molar-refractivity contribution is 8.76. The molecule has 0 amide bonds. The molecule has 0 bridgehead atoms. The molecule has 10 heteroatoms. The van der Waals surface area contributed by atoms with Crippen LogP contribution in [-0.4, -0.2) is 32.5 Å². The monoisotopic (exact) mass is 731 g/mol. The van der Waals surface area contributed by atoms with Gasteiger partial charge in [-0.1, -0.05) is 59.4 Å². The van der Waals surface area contributed by atoms with Crippen molar-refractivity contribution < 1.29 is 13.7 Å². The summed E-state index contributed by atoms with van der Waals surface area (Å²) in [4.78, 5) is 0. The second-order valence-electron chi connectivity index (χ2n) is 13.0. The molecule has 2 aromatic carbocycles. The minimum atomic E-state index is 0.944. The fraction of sp³-hybridized carbons (Fsp3) is 0.262. The molecule has 0 fully saturated rings. The van der Waals surface area contributed by atoms with Crippen LogP contribution in [0.25, 0.3) is 24.3 Å². The minimum absolute atomic E-state index is 0.944. The van der Waals surface area contributed by atoms with Gasteiger partial charge in [0.25, 0.3) is 0 Å². The number of hydrogen-bond acceptors (Lipinski definition) is 4. The van der Waals surface area contributed by atoms with Crippen LogP contribution >= 0.6 is 21.6 Å². The average Bonchev–Trinajstić information content (AvgIpc) is 3.93. The fourth-order valence-corrected chi connectivity index (χ4v) is 7.61.